The average molecular weight is 379 g/mol. The van der Waals surface area contributed by atoms with E-state index in [2.05, 4.69) is 24.1 Å². The molecule has 146 valence electrons. The van der Waals surface area contributed by atoms with Gasteiger partial charge in [-0.05, 0) is 37.6 Å². The van der Waals surface area contributed by atoms with E-state index in [4.69, 9.17) is 9.47 Å². The summed E-state index contributed by atoms with van der Waals surface area (Å²) >= 11 is 0. The maximum atomic E-state index is 13.0. The molecule has 5 nitrogen and oxygen atoms in total. The predicted molar refractivity (Wildman–Crippen MR) is 105 cm³/mol. The molecule has 0 saturated carbocycles. The van der Waals surface area contributed by atoms with Crippen LogP contribution in [-0.4, -0.2) is 43.1 Å². The minimum atomic E-state index is -0.573. The summed E-state index contributed by atoms with van der Waals surface area (Å²) in [6.45, 7) is 0. The molecular weight excluding hydrogens is 354 g/mol. The second-order valence-electron chi connectivity index (χ2n) is 7.64. The molecule has 0 radical (unpaired) electrons. The van der Waals surface area contributed by atoms with Gasteiger partial charge in [0.2, 0.25) is 0 Å². The molecule has 28 heavy (non-hydrogen) atoms. The van der Waals surface area contributed by atoms with Crippen molar-refractivity contribution in [3.05, 3.63) is 71.8 Å². The monoisotopic (exact) mass is 379 g/mol. The minimum absolute atomic E-state index is 0.259. The highest BCUT2D eigenvalue weighted by Crippen LogP contribution is 2.54. The summed E-state index contributed by atoms with van der Waals surface area (Å²) in [6.07, 6.45) is 1.89. The zero-order valence-electron chi connectivity index (χ0n) is 16.2. The van der Waals surface area contributed by atoms with Crippen LogP contribution in [-0.2, 0) is 19.8 Å². The van der Waals surface area contributed by atoms with Gasteiger partial charge in [0.15, 0.2) is 0 Å². The third kappa shape index (κ3) is 2.90. The molecule has 2 aromatic carbocycles. The lowest BCUT2D eigenvalue weighted by Gasteiger charge is -2.50. The van der Waals surface area contributed by atoms with Gasteiger partial charge in [0.05, 0.1) is 18.2 Å². The quantitative estimate of drug-likeness (QED) is 0.762. The molecule has 2 unspecified atom stereocenters. The van der Waals surface area contributed by atoms with Crippen LogP contribution in [0.5, 0.6) is 0 Å². The first-order chi connectivity index (χ1) is 13.6. The number of hydrogen-bond acceptors (Lipinski definition) is 5. The molecule has 0 aliphatic carbocycles. The lowest BCUT2D eigenvalue weighted by Crippen LogP contribution is -2.60. The zero-order chi connectivity index (χ0) is 19.7. The number of methoxy groups -OCH3 is 1. The number of hydrogen-bond donors (Lipinski definition) is 0. The highest BCUT2D eigenvalue weighted by atomic mass is 16.6. The van der Waals surface area contributed by atoms with Crippen molar-refractivity contribution >= 4 is 11.9 Å². The van der Waals surface area contributed by atoms with Gasteiger partial charge in [-0.15, -0.1) is 0 Å². The summed E-state index contributed by atoms with van der Waals surface area (Å²) in [5.74, 6) is -1.30. The molecule has 2 aromatic rings. The Balaban J connectivity index is 1.73. The van der Waals surface area contributed by atoms with Crippen LogP contribution in [0.3, 0.4) is 0 Å². The van der Waals surface area contributed by atoms with Crippen LogP contribution in [0.15, 0.2) is 60.7 Å². The molecule has 0 spiro atoms. The number of piperidine rings is 1. The van der Waals surface area contributed by atoms with Gasteiger partial charge in [0.1, 0.15) is 12.0 Å². The van der Waals surface area contributed by atoms with Gasteiger partial charge in [-0.25, -0.2) is 4.79 Å². The Hall–Kier alpha value is -2.66. The molecule has 2 bridgehead atoms. The Morgan fingerprint density at radius 2 is 1.68 bits per heavy atom. The fourth-order valence-electron chi connectivity index (χ4n) is 5.07. The van der Waals surface area contributed by atoms with E-state index < -0.39 is 23.5 Å². The molecule has 0 N–H and O–H groups in total. The third-order valence-electron chi connectivity index (χ3n) is 6.42. The average Bonchev–Trinajstić information content (AvgIpc) is 2.95. The highest BCUT2D eigenvalue weighted by molar-refractivity contribution is 5.89. The predicted octanol–water partition coefficient (Wildman–Crippen LogP) is 3.39. The Bertz CT molecular complexity index is 853. The molecule has 5 heteroatoms. The van der Waals surface area contributed by atoms with E-state index in [1.54, 1.807) is 24.3 Å². The second-order valence-corrected chi connectivity index (χ2v) is 7.64. The van der Waals surface area contributed by atoms with Crippen LogP contribution in [0.4, 0.5) is 0 Å². The number of nitrogens with zero attached hydrogens (tertiary/aromatic N) is 1. The Morgan fingerprint density at radius 3 is 2.32 bits per heavy atom. The van der Waals surface area contributed by atoms with Gasteiger partial charge in [0, 0.05) is 12.5 Å². The van der Waals surface area contributed by atoms with E-state index in [1.165, 1.54) is 7.11 Å². The molecule has 2 aliphatic heterocycles. The van der Waals surface area contributed by atoms with Gasteiger partial charge in [-0.3, -0.25) is 9.69 Å². The number of esters is 2. The zero-order valence-corrected chi connectivity index (χ0v) is 16.2. The molecule has 0 aromatic heterocycles. The van der Waals surface area contributed by atoms with Gasteiger partial charge in [-0.1, -0.05) is 48.5 Å². The molecule has 4 rings (SSSR count). The first kappa shape index (κ1) is 18.7. The smallest absolute Gasteiger partial charge is 0.338 e. The number of carbonyl (C=O) groups is 2. The topological polar surface area (TPSA) is 55.8 Å². The van der Waals surface area contributed by atoms with E-state index in [1.807, 2.05) is 24.3 Å². The highest BCUT2D eigenvalue weighted by Gasteiger charge is 2.61. The van der Waals surface area contributed by atoms with Gasteiger partial charge in [-0.2, -0.15) is 0 Å². The van der Waals surface area contributed by atoms with Gasteiger partial charge < -0.3 is 9.47 Å². The van der Waals surface area contributed by atoms with Crippen LogP contribution < -0.4 is 0 Å². The van der Waals surface area contributed by atoms with Crippen molar-refractivity contribution in [3.63, 3.8) is 0 Å². The lowest BCUT2D eigenvalue weighted by molar-refractivity contribution is -0.164. The summed E-state index contributed by atoms with van der Waals surface area (Å²) in [7, 11) is 3.47. The van der Waals surface area contributed by atoms with Crippen molar-refractivity contribution in [2.45, 2.75) is 36.9 Å². The molecule has 2 aliphatic rings. The Morgan fingerprint density at radius 1 is 1.04 bits per heavy atom. The second kappa shape index (κ2) is 7.40. The van der Waals surface area contributed by atoms with Crippen LogP contribution >= 0.6 is 0 Å². The van der Waals surface area contributed by atoms with E-state index in [0.717, 1.165) is 18.4 Å². The number of carbonyl (C=O) groups excluding carboxylic acids is 2. The van der Waals surface area contributed by atoms with Crippen LogP contribution in [0.2, 0.25) is 0 Å². The largest absolute Gasteiger partial charge is 0.469 e. The fraction of sp³-hybridized carbons (Fsp3) is 0.391. The van der Waals surface area contributed by atoms with Crippen LogP contribution in [0.1, 0.15) is 35.2 Å². The van der Waals surface area contributed by atoms with Crippen molar-refractivity contribution in [3.8, 4) is 0 Å². The van der Waals surface area contributed by atoms with Gasteiger partial charge in [0.25, 0.3) is 0 Å². The first-order valence-corrected chi connectivity index (χ1v) is 9.70. The first-order valence-electron chi connectivity index (χ1n) is 9.70. The third-order valence-corrected chi connectivity index (χ3v) is 6.42. The molecule has 2 fully saturated rings. The van der Waals surface area contributed by atoms with Crippen molar-refractivity contribution in [2.75, 3.05) is 14.2 Å². The standard InChI is InChI=1S/C23H25NO4/c1-24-18-13-14-23(24,17-11-7-4-8-12-17)20(22(26)27-2)19(15-18)28-21(25)16-9-5-3-6-10-16/h3-12,18-20H,13-15H2,1-2H3/t18-,19+,20?,23?/m1/s1. The maximum absolute atomic E-state index is 13.0. The number of rotatable bonds is 4. The van der Waals surface area contributed by atoms with Crippen LogP contribution in [0, 0.1) is 5.92 Å². The summed E-state index contributed by atoms with van der Waals surface area (Å²) in [5, 5.41) is 0. The minimum Gasteiger partial charge on any atom is -0.469 e. The van der Waals surface area contributed by atoms with E-state index in [0.29, 0.717) is 12.0 Å². The maximum Gasteiger partial charge on any atom is 0.338 e. The van der Waals surface area contributed by atoms with Gasteiger partial charge >= 0.3 is 11.9 Å². The molecule has 0 amide bonds. The van der Waals surface area contributed by atoms with E-state index in [-0.39, 0.29) is 12.0 Å². The van der Waals surface area contributed by atoms with Crippen LogP contribution in [0.25, 0.3) is 0 Å². The number of ether oxygens (including phenoxy) is 2. The summed E-state index contributed by atoms with van der Waals surface area (Å²) < 4.78 is 11.1. The summed E-state index contributed by atoms with van der Waals surface area (Å²) in [5.41, 5.74) is 1.03. The Kier molecular flexibility index (Phi) is 4.94. The molecular formula is C23H25NO4. The Labute approximate surface area is 165 Å². The normalized spacial score (nSPS) is 29.3. The lowest BCUT2D eigenvalue weighted by atomic mass is 9.71. The number of benzene rings is 2. The van der Waals surface area contributed by atoms with Crippen molar-refractivity contribution in [1.82, 2.24) is 4.90 Å². The van der Waals surface area contributed by atoms with Crippen molar-refractivity contribution in [2.24, 2.45) is 5.92 Å². The fourth-order valence-corrected chi connectivity index (χ4v) is 5.07. The SMILES string of the molecule is COC(=O)C1[C@@H](OC(=O)c2ccccc2)C[C@H]2CCC1(c1ccccc1)N2C. The molecule has 2 heterocycles. The van der Waals surface area contributed by atoms with E-state index in [9.17, 15) is 9.59 Å². The molecule has 2 saturated heterocycles. The van der Waals surface area contributed by atoms with Crippen molar-refractivity contribution in [1.29, 1.82) is 0 Å². The summed E-state index contributed by atoms with van der Waals surface area (Å²) in [4.78, 5) is 28.0. The molecule has 4 atom stereocenters. The summed E-state index contributed by atoms with van der Waals surface area (Å²) in [6, 6.07) is 19.2. The number of fused-ring (bicyclic) bond motifs is 2. The van der Waals surface area contributed by atoms with Crippen molar-refractivity contribution < 1.29 is 19.1 Å². The van der Waals surface area contributed by atoms with E-state index >= 15 is 0 Å².